The van der Waals surface area contributed by atoms with Crippen LogP contribution in [0.1, 0.15) is 71.6 Å². The average Bonchev–Trinajstić information content (AvgIpc) is 2.82. The Morgan fingerprint density at radius 3 is 2.43 bits per heavy atom. The molecule has 0 aliphatic heterocycles. The SMILES string of the molecule is CCCCCCC1C[C@@]1(I)CCCC. The van der Waals surface area contributed by atoms with E-state index in [1.54, 1.807) is 0 Å². The molecule has 1 saturated carbocycles. The summed E-state index contributed by atoms with van der Waals surface area (Å²) in [6, 6.07) is 0. The second-order valence-electron chi connectivity index (χ2n) is 4.89. The van der Waals surface area contributed by atoms with Gasteiger partial charge in [0.25, 0.3) is 0 Å². The lowest BCUT2D eigenvalue weighted by Gasteiger charge is -2.08. The van der Waals surface area contributed by atoms with Crippen LogP contribution < -0.4 is 0 Å². The Hall–Kier alpha value is 0.730. The van der Waals surface area contributed by atoms with Gasteiger partial charge in [0.15, 0.2) is 0 Å². The maximum Gasteiger partial charge on any atom is 0.0254 e. The van der Waals surface area contributed by atoms with Crippen LogP contribution in [0, 0.1) is 5.92 Å². The Morgan fingerprint density at radius 1 is 1.07 bits per heavy atom. The van der Waals surface area contributed by atoms with E-state index in [-0.39, 0.29) is 0 Å². The minimum absolute atomic E-state index is 0.736. The van der Waals surface area contributed by atoms with Gasteiger partial charge in [-0.05, 0) is 25.2 Å². The zero-order valence-corrected chi connectivity index (χ0v) is 12.0. The second kappa shape index (κ2) is 6.34. The first-order chi connectivity index (χ1) is 6.73. The highest BCUT2D eigenvalue weighted by molar-refractivity contribution is 14.1. The van der Waals surface area contributed by atoms with E-state index in [4.69, 9.17) is 0 Å². The van der Waals surface area contributed by atoms with E-state index in [0.717, 1.165) is 9.34 Å². The van der Waals surface area contributed by atoms with E-state index < -0.39 is 0 Å². The van der Waals surface area contributed by atoms with Crippen LogP contribution in [-0.2, 0) is 0 Å². The lowest BCUT2D eigenvalue weighted by molar-refractivity contribution is 0.566. The topological polar surface area (TPSA) is 0 Å². The number of hydrogen-bond acceptors (Lipinski definition) is 0. The molecular formula is C13H25I. The maximum atomic E-state index is 2.73. The first-order valence-corrected chi connectivity index (χ1v) is 7.49. The third-order valence-electron chi connectivity index (χ3n) is 3.51. The minimum atomic E-state index is 0.736. The summed E-state index contributed by atoms with van der Waals surface area (Å²) in [6.45, 7) is 4.60. The normalized spacial score (nSPS) is 30.6. The molecule has 0 aromatic heterocycles. The van der Waals surface area contributed by atoms with Crippen molar-refractivity contribution in [3.63, 3.8) is 0 Å². The van der Waals surface area contributed by atoms with Gasteiger partial charge in [0.2, 0.25) is 0 Å². The highest BCUT2D eigenvalue weighted by Gasteiger charge is 2.50. The van der Waals surface area contributed by atoms with Crippen LogP contribution in [0.2, 0.25) is 0 Å². The van der Waals surface area contributed by atoms with Gasteiger partial charge in [-0.1, -0.05) is 75.0 Å². The fourth-order valence-corrected chi connectivity index (χ4v) is 3.53. The molecule has 0 spiro atoms. The molecule has 1 aliphatic rings. The van der Waals surface area contributed by atoms with Crippen LogP contribution in [0.3, 0.4) is 0 Å². The smallest absolute Gasteiger partial charge is 0.0254 e. The Morgan fingerprint density at radius 2 is 1.79 bits per heavy atom. The van der Waals surface area contributed by atoms with Crippen molar-refractivity contribution in [2.45, 2.75) is 75.1 Å². The molecule has 1 fully saturated rings. The van der Waals surface area contributed by atoms with Gasteiger partial charge < -0.3 is 0 Å². The fraction of sp³-hybridized carbons (Fsp3) is 1.00. The van der Waals surface area contributed by atoms with Gasteiger partial charge in [0, 0.05) is 3.42 Å². The molecule has 84 valence electrons. The van der Waals surface area contributed by atoms with Crippen molar-refractivity contribution in [3.8, 4) is 0 Å². The molecule has 0 aromatic carbocycles. The van der Waals surface area contributed by atoms with E-state index in [1.165, 1.54) is 57.8 Å². The standard InChI is InChI=1S/C13H25I/c1-3-5-7-8-9-12-11-13(12,14)10-6-4-2/h12H,3-11H2,1-2H3/t12?,13-/m0/s1. The van der Waals surface area contributed by atoms with Crippen molar-refractivity contribution < 1.29 is 0 Å². The van der Waals surface area contributed by atoms with E-state index in [1.807, 2.05) is 0 Å². The molecule has 1 unspecified atom stereocenters. The van der Waals surface area contributed by atoms with Gasteiger partial charge in [-0.15, -0.1) is 0 Å². The number of alkyl halides is 1. The van der Waals surface area contributed by atoms with Crippen LogP contribution in [0.4, 0.5) is 0 Å². The largest absolute Gasteiger partial charge is 0.0786 e. The molecule has 1 aliphatic carbocycles. The van der Waals surface area contributed by atoms with Gasteiger partial charge >= 0.3 is 0 Å². The first-order valence-electron chi connectivity index (χ1n) is 6.42. The number of halogens is 1. The van der Waals surface area contributed by atoms with E-state index in [0.29, 0.717) is 0 Å². The van der Waals surface area contributed by atoms with Crippen LogP contribution in [0.15, 0.2) is 0 Å². The Kier molecular flexibility index (Phi) is 5.80. The predicted molar refractivity (Wildman–Crippen MR) is 73.1 cm³/mol. The number of unbranched alkanes of at least 4 members (excludes halogenated alkanes) is 4. The highest BCUT2D eigenvalue weighted by Crippen LogP contribution is 2.57. The fourth-order valence-electron chi connectivity index (χ4n) is 2.31. The Bertz CT molecular complexity index is 155. The molecule has 0 radical (unpaired) electrons. The molecule has 0 nitrogen and oxygen atoms in total. The summed E-state index contributed by atoms with van der Waals surface area (Å²) in [5.41, 5.74) is 0. The zero-order chi connectivity index (χ0) is 10.4. The van der Waals surface area contributed by atoms with E-state index in [2.05, 4.69) is 36.4 Å². The highest BCUT2D eigenvalue weighted by atomic mass is 127. The summed E-state index contributed by atoms with van der Waals surface area (Å²) < 4.78 is 0.736. The number of hydrogen-bond donors (Lipinski definition) is 0. The third kappa shape index (κ3) is 4.08. The van der Waals surface area contributed by atoms with Gasteiger partial charge in [-0.2, -0.15) is 0 Å². The van der Waals surface area contributed by atoms with Crippen molar-refractivity contribution >= 4 is 22.6 Å². The van der Waals surface area contributed by atoms with Crippen molar-refractivity contribution in [1.29, 1.82) is 0 Å². The van der Waals surface area contributed by atoms with Crippen molar-refractivity contribution in [3.05, 3.63) is 0 Å². The summed E-state index contributed by atoms with van der Waals surface area (Å²) >= 11 is 2.73. The average molecular weight is 308 g/mol. The lowest BCUT2D eigenvalue weighted by Crippen LogP contribution is -2.01. The van der Waals surface area contributed by atoms with Crippen LogP contribution in [0.5, 0.6) is 0 Å². The minimum Gasteiger partial charge on any atom is -0.0786 e. The van der Waals surface area contributed by atoms with E-state index in [9.17, 15) is 0 Å². The summed E-state index contributed by atoms with van der Waals surface area (Å²) in [5, 5.41) is 0. The maximum absolute atomic E-state index is 2.73. The van der Waals surface area contributed by atoms with Crippen molar-refractivity contribution in [2.75, 3.05) is 0 Å². The van der Waals surface area contributed by atoms with Crippen molar-refractivity contribution in [2.24, 2.45) is 5.92 Å². The van der Waals surface area contributed by atoms with Crippen LogP contribution in [0.25, 0.3) is 0 Å². The molecule has 0 bridgehead atoms. The molecule has 2 atom stereocenters. The summed E-state index contributed by atoms with van der Waals surface area (Å²) in [6.07, 6.45) is 13.1. The van der Waals surface area contributed by atoms with Gasteiger partial charge in [0.1, 0.15) is 0 Å². The first kappa shape index (κ1) is 12.8. The molecule has 0 saturated heterocycles. The quantitative estimate of drug-likeness (QED) is 0.322. The number of rotatable bonds is 8. The summed E-state index contributed by atoms with van der Waals surface area (Å²) in [4.78, 5) is 0. The predicted octanol–water partition coefficient (Wildman–Crippen LogP) is 5.34. The third-order valence-corrected chi connectivity index (χ3v) is 5.37. The Labute approximate surface area is 103 Å². The van der Waals surface area contributed by atoms with Crippen molar-refractivity contribution in [1.82, 2.24) is 0 Å². The molecular weight excluding hydrogens is 283 g/mol. The van der Waals surface area contributed by atoms with Gasteiger partial charge in [-0.25, -0.2) is 0 Å². The zero-order valence-electron chi connectivity index (χ0n) is 9.82. The molecule has 0 heterocycles. The van der Waals surface area contributed by atoms with Crippen LogP contribution in [-0.4, -0.2) is 3.42 Å². The molecule has 14 heavy (non-hydrogen) atoms. The molecule has 1 rings (SSSR count). The molecule has 0 amide bonds. The second-order valence-corrected chi connectivity index (χ2v) is 7.04. The van der Waals surface area contributed by atoms with Gasteiger partial charge in [0.05, 0.1) is 0 Å². The van der Waals surface area contributed by atoms with Crippen LogP contribution >= 0.6 is 22.6 Å². The van der Waals surface area contributed by atoms with E-state index >= 15 is 0 Å². The van der Waals surface area contributed by atoms with Gasteiger partial charge in [-0.3, -0.25) is 0 Å². The summed E-state index contributed by atoms with van der Waals surface area (Å²) in [7, 11) is 0. The Balaban J connectivity index is 2.00. The molecule has 0 aromatic rings. The lowest BCUT2D eigenvalue weighted by atomic mass is 10.1. The summed E-state index contributed by atoms with van der Waals surface area (Å²) in [5.74, 6) is 1.08. The molecule has 0 N–H and O–H groups in total. The monoisotopic (exact) mass is 308 g/mol. The molecule has 1 heteroatoms.